The SMILES string of the molecule is O=C([C@@H]1CCCN(S(=O)(=O)c2ccc3ccccc3c2)C1)N1CCN(c2cccc(Cl)c2)CC1. The van der Waals surface area contributed by atoms with E-state index in [1.165, 1.54) is 4.31 Å². The second-order valence-electron chi connectivity index (χ2n) is 9.00. The van der Waals surface area contributed by atoms with Crippen molar-refractivity contribution in [3.63, 3.8) is 0 Å². The lowest BCUT2D eigenvalue weighted by molar-refractivity contribution is -0.137. The molecule has 2 fully saturated rings. The average molecular weight is 498 g/mol. The monoisotopic (exact) mass is 497 g/mol. The molecule has 2 aliphatic rings. The smallest absolute Gasteiger partial charge is 0.243 e. The number of amides is 1. The Bertz CT molecular complexity index is 1310. The molecule has 0 bridgehead atoms. The fourth-order valence-electron chi connectivity index (χ4n) is 4.96. The zero-order chi connectivity index (χ0) is 23.7. The Morgan fingerprint density at radius 1 is 0.853 bits per heavy atom. The predicted octanol–water partition coefficient (Wildman–Crippen LogP) is 4.24. The van der Waals surface area contributed by atoms with Gasteiger partial charge in [0.2, 0.25) is 15.9 Å². The van der Waals surface area contributed by atoms with Gasteiger partial charge < -0.3 is 9.80 Å². The highest BCUT2D eigenvalue weighted by molar-refractivity contribution is 7.89. The molecule has 8 heteroatoms. The summed E-state index contributed by atoms with van der Waals surface area (Å²) in [6.45, 7) is 3.40. The fraction of sp³-hybridized carbons (Fsp3) is 0.346. The van der Waals surface area contributed by atoms with Crippen LogP contribution in [0.2, 0.25) is 5.02 Å². The number of fused-ring (bicyclic) bond motifs is 1. The molecule has 0 N–H and O–H groups in total. The van der Waals surface area contributed by atoms with Crippen molar-refractivity contribution in [2.45, 2.75) is 17.7 Å². The zero-order valence-corrected chi connectivity index (χ0v) is 20.5. The summed E-state index contributed by atoms with van der Waals surface area (Å²) < 4.78 is 28.3. The third kappa shape index (κ3) is 4.65. The molecule has 3 aromatic rings. The van der Waals surface area contributed by atoms with Gasteiger partial charge in [0, 0.05) is 50.0 Å². The Kier molecular flexibility index (Phi) is 6.51. The van der Waals surface area contributed by atoms with Crippen molar-refractivity contribution >= 4 is 44.0 Å². The van der Waals surface area contributed by atoms with E-state index in [4.69, 9.17) is 11.6 Å². The minimum absolute atomic E-state index is 0.0594. The molecule has 2 saturated heterocycles. The van der Waals surface area contributed by atoms with Crippen LogP contribution in [-0.2, 0) is 14.8 Å². The second kappa shape index (κ2) is 9.56. The van der Waals surface area contributed by atoms with E-state index in [-0.39, 0.29) is 23.3 Å². The van der Waals surface area contributed by atoms with Gasteiger partial charge in [-0.15, -0.1) is 0 Å². The van der Waals surface area contributed by atoms with Gasteiger partial charge in [0.05, 0.1) is 10.8 Å². The second-order valence-corrected chi connectivity index (χ2v) is 11.4. The number of carbonyl (C=O) groups is 1. The molecule has 0 saturated carbocycles. The number of benzene rings is 3. The highest BCUT2D eigenvalue weighted by atomic mass is 35.5. The number of sulfonamides is 1. The van der Waals surface area contributed by atoms with Crippen LogP contribution < -0.4 is 4.90 Å². The van der Waals surface area contributed by atoms with Gasteiger partial charge in [-0.25, -0.2) is 8.42 Å². The number of nitrogens with zero attached hydrogens (tertiary/aromatic N) is 3. The molecular formula is C26H28ClN3O3S. The van der Waals surface area contributed by atoms with Crippen molar-refractivity contribution in [1.29, 1.82) is 0 Å². The van der Waals surface area contributed by atoms with Gasteiger partial charge in [-0.1, -0.05) is 48.0 Å². The van der Waals surface area contributed by atoms with E-state index in [2.05, 4.69) is 4.90 Å². The molecule has 6 nitrogen and oxygen atoms in total. The molecule has 0 aromatic heterocycles. The van der Waals surface area contributed by atoms with Gasteiger partial charge in [-0.05, 0) is 53.9 Å². The highest BCUT2D eigenvalue weighted by Gasteiger charge is 2.36. The molecule has 1 atom stereocenters. The quantitative estimate of drug-likeness (QED) is 0.541. The molecule has 0 aliphatic carbocycles. The van der Waals surface area contributed by atoms with Crippen molar-refractivity contribution in [3.05, 3.63) is 71.8 Å². The Morgan fingerprint density at radius 2 is 1.62 bits per heavy atom. The standard InChI is InChI=1S/C26H28ClN3O3S/c27-23-8-3-9-24(18-23)28-13-15-29(16-14-28)26(31)22-7-4-12-30(19-22)34(32,33)25-11-10-20-5-1-2-6-21(20)17-25/h1-3,5-6,8-11,17-18,22H,4,7,12-16,19H2/t22-/m1/s1. The Morgan fingerprint density at radius 3 is 2.38 bits per heavy atom. The van der Waals surface area contributed by atoms with Crippen LogP contribution in [0.25, 0.3) is 10.8 Å². The third-order valence-corrected chi connectivity index (χ3v) is 8.95. The number of halogens is 1. The lowest BCUT2D eigenvalue weighted by Gasteiger charge is -2.39. The first-order valence-corrected chi connectivity index (χ1v) is 13.5. The molecule has 178 valence electrons. The van der Waals surface area contributed by atoms with Gasteiger partial charge in [0.1, 0.15) is 0 Å². The van der Waals surface area contributed by atoms with E-state index in [0.717, 1.165) is 36.0 Å². The van der Waals surface area contributed by atoms with E-state index in [9.17, 15) is 13.2 Å². The van der Waals surface area contributed by atoms with Crippen LogP contribution in [0.3, 0.4) is 0 Å². The van der Waals surface area contributed by atoms with Crippen LogP contribution in [-0.4, -0.2) is 62.8 Å². The minimum Gasteiger partial charge on any atom is -0.368 e. The predicted molar refractivity (Wildman–Crippen MR) is 136 cm³/mol. The van der Waals surface area contributed by atoms with E-state index in [0.29, 0.717) is 31.1 Å². The molecule has 0 spiro atoms. The lowest BCUT2D eigenvalue weighted by atomic mass is 9.97. The lowest BCUT2D eigenvalue weighted by Crippen LogP contribution is -2.53. The molecule has 2 aliphatic heterocycles. The molecule has 5 rings (SSSR count). The molecule has 0 unspecified atom stereocenters. The van der Waals surface area contributed by atoms with Crippen LogP contribution in [0.5, 0.6) is 0 Å². The number of rotatable bonds is 4. The van der Waals surface area contributed by atoms with Crippen LogP contribution in [0.1, 0.15) is 12.8 Å². The van der Waals surface area contributed by atoms with Crippen molar-refractivity contribution in [1.82, 2.24) is 9.21 Å². The normalized spacial score (nSPS) is 20.0. The topological polar surface area (TPSA) is 60.9 Å². The first-order chi connectivity index (χ1) is 16.4. The van der Waals surface area contributed by atoms with Crippen LogP contribution >= 0.6 is 11.6 Å². The fourth-order valence-corrected chi connectivity index (χ4v) is 6.70. The van der Waals surface area contributed by atoms with Crippen LogP contribution in [0.15, 0.2) is 71.6 Å². The Labute approximate surface area is 205 Å². The van der Waals surface area contributed by atoms with E-state index >= 15 is 0 Å². The largest absolute Gasteiger partial charge is 0.368 e. The van der Waals surface area contributed by atoms with Crippen molar-refractivity contribution in [3.8, 4) is 0 Å². The number of hydrogen-bond donors (Lipinski definition) is 0. The van der Waals surface area contributed by atoms with Gasteiger partial charge in [0.15, 0.2) is 0 Å². The van der Waals surface area contributed by atoms with Crippen molar-refractivity contribution in [2.75, 3.05) is 44.2 Å². The number of piperidine rings is 1. The summed E-state index contributed by atoms with van der Waals surface area (Å²) in [5, 5.41) is 2.60. The summed E-state index contributed by atoms with van der Waals surface area (Å²) in [4.78, 5) is 17.7. The third-order valence-electron chi connectivity index (χ3n) is 6.86. The van der Waals surface area contributed by atoms with Crippen LogP contribution in [0, 0.1) is 5.92 Å². The molecular weight excluding hydrogens is 470 g/mol. The number of hydrogen-bond acceptors (Lipinski definition) is 4. The maximum atomic E-state index is 13.4. The average Bonchev–Trinajstić information content (AvgIpc) is 2.88. The Balaban J connectivity index is 1.25. The number of anilines is 1. The number of carbonyl (C=O) groups excluding carboxylic acids is 1. The molecule has 0 radical (unpaired) electrons. The van der Waals surface area contributed by atoms with Gasteiger partial charge in [-0.2, -0.15) is 4.31 Å². The molecule has 1 amide bonds. The molecule has 2 heterocycles. The summed E-state index contributed by atoms with van der Waals surface area (Å²) in [5.41, 5.74) is 1.06. The first-order valence-electron chi connectivity index (χ1n) is 11.7. The summed E-state index contributed by atoms with van der Waals surface area (Å²) in [6.07, 6.45) is 1.41. The van der Waals surface area contributed by atoms with Crippen molar-refractivity contribution < 1.29 is 13.2 Å². The van der Waals surface area contributed by atoms with Gasteiger partial charge in [-0.3, -0.25) is 4.79 Å². The van der Waals surface area contributed by atoms with Gasteiger partial charge in [0.25, 0.3) is 0 Å². The summed E-state index contributed by atoms with van der Waals surface area (Å²) >= 11 is 6.12. The van der Waals surface area contributed by atoms with Gasteiger partial charge >= 0.3 is 0 Å². The highest BCUT2D eigenvalue weighted by Crippen LogP contribution is 2.28. The van der Waals surface area contributed by atoms with Crippen molar-refractivity contribution in [2.24, 2.45) is 5.92 Å². The maximum absolute atomic E-state index is 13.4. The summed E-state index contributed by atoms with van der Waals surface area (Å²) in [6, 6.07) is 20.7. The molecule has 3 aromatic carbocycles. The van der Waals surface area contributed by atoms with E-state index in [1.54, 1.807) is 12.1 Å². The van der Waals surface area contributed by atoms with E-state index in [1.807, 2.05) is 59.5 Å². The Hall–Kier alpha value is -2.61. The molecule has 34 heavy (non-hydrogen) atoms. The minimum atomic E-state index is -3.66. The maximum Gasteiger partial charge on any atom is 0.243 e. The summed E-state index contributed by atoms with van der Waals surface area (Å²) in [5.74, 6) is -0.245. The first kappa shape index (κ1) is 23.1. The summed E-state index contributed by atoms with van der Waals surface area (Å²) in [7, 11) is -3.66. The van der Waals surface area contributed by atoms with E-state index < -0.39 is 10.0 Å². The number of piperazine rings is 1. The zero-order valence-electron chi connectivity index (χ0n) is 18.9. The van der Waals surface area contributed by atoms with Crippen LogP contribution in [0.4, 0.5) is 5.69 Å².